The third-order valence-corrected chi connectivity index (χ3v) is 3.23. The Bertz CT molecular complexity index is 587. The maximum atomic E-state index is 8.76. The average molecular weight is 302 g/mol. The summed E-state index contributed by atoms with van der Waals surface area (Å²) in [5.74, 6) is 1.04. The van der Waals surface area contributed by atoms with E-state index in [-0.39, 0.29) is 19.3 Å². The fourth-order valence-electron chi connectivity index (χ4n) is 2.00. The highest BCUT2D eigenvalue weighted by Gasteiger charge is 2.08. The number of anilines is 2. The van der Waals surface area contributed by atoms with Crippen LogP contribution in [-0.4, -0.2) is 42.4 Å². The molecule has 2 aromatic rings. The van der Waals surface area contributed by atoms with Gasteiger partial charge in [0, 0.05) is 25.8 Å². The molecule has 1 unspecified atom stereocenters. The van der Waals surface area contributed by atoms with Crippen molar-refractivity contribution in [1.82, 2.24) is 9.97 Å². The lowest BCUT2D eigenvalue weighted by atomic mass is 10.1. The Kier molecular flexibility index (Phi) is 5.55. The molecule has 1 aromatic heterocycles. The lowest BCUT2D eigenvalue weighted by molar-refractivity contribution is 0.196. The van der Waals surface area contributed by atoms with E-state index in [0.717, 1.165) is 11.3 Å². The first-order valence-electron chi connectivity index (χ1n) is 7.19. The summed E-state index contributed by atoms with van der Waals surface area (Å²) in [4.78, 5) is 10.5. The van der Waals surface area contributed by atoms with Gasteiger partial charge in [0.2, 0.25) is 5.88 Å². The van der Waals surface area contributed by atoms with E-state index in [1.165, 1.54) is 6.20 Å². The van der Waals surface area contributed by atoms with Crippen LogP contribution in [0.5, 0.6) is 5.88 Å². The van der Waals surface area contributed by atoms with Crippen molar-refractivity contribution >= 4 is 11.5 Å². The molecule has 118 valence electrons. The lowest BCUT2D eigenvalue weighted by Crippen LogP contribution is -2.11. The number of benzene rings is 1. The third-order valence-electron chi connectivity index (χ3n) is 3.23. The summed E-state index contributed by atoms with van der Waals surface area (Å²) in [6.45, 7) is 2.22. The van der Waals surface area contributed by atoms with Crippen molar-refractivity contribution in [2.24, 2.45) is 0 Å². The second kappa shape index (κ2) is 7.61. The summed E-state index contributed by atoms with van der Waals surface area (Å²) in [7, 11) is 4.04. The van der Waals surface area contributed by atoms with Gasteiger partial charge in [-0.1, -0.05) is 12.1 Å². The summed E-state index contributed by atoms with van der Waals surface area (Å²) >= 11 is 0. The highest BCUT2D eigenvalue weighted by atomic mass is 16.5. The summed E-state index contributed by atoms with van der Waals surface area (Å²) in [6.07, 6.45) is 3.17. The maximum Gasteiger partial charge on any atom is 0.234 e. The van der Waals surface area contributed by atoms with Crippen LogP contribution in [0, 0.1) is 0 Å². The van der Waals surface area contributed by atoms with Crippen LogP contribution in [0.2, 0.25) is 0 Å². The number of hydrogen-bond donors (Lipinski definition) is 2. The van der Waals surface area contributed by atoms with Gasteiger partial charge < -0.3 is 20.1 Å². The molecule has 1 aromatic carbocycles. The third kappa shape index (κ3) is 4.33. The molecule has 1 heterocycles. The zero-order chi connectivity index (χ0) is 15.9. The number of ether oxygens (including phenoxy) is 1. The smallest absolute Gasteiger partial charge is 0.234 e. The second-order valence-corrected chi connectivity index (χ2v) is 5.17. The quantitative estimate of drug-likeness (QED) is 0.816. The van der Waals surface area contributed by atoms with E-state index in [9.17, 15) is 0 Å². The Morgan fingerprint density at radius 2 is 1.95 bits per heavy atom. The molecule has 22 heavy (non-hydrogen) atoms. The van der Waals surface area contributed by atoms with Crippen molar-refractivity contribution in [2.45, 2.75) is 13.0 Å². The normalized spacial score (nSPS) is 11.8. The van der Waals surface area contributed by atoms with E-state index in [4.69, 9.17) is 9.84 Å². The van der Waals surface area contributed by atoms with Crippen LogP contribution in [0.25, 0.3) is 0 Å². The predicted octanol–water partition coefficient (Wildman–Crippen LogP) is 2.09. The van der Waals surface area contributed by atoms with Gasteiger partial charge in [0.1, 0.15) is 12.4 Å². The van der Waals surface area contributed by atoms with Crippen LogP contribution in [0.4, 0.5) is 11.5 Å². The van der Waals surface area contributed by atoms with Gasteiger partial charge in [-0.15, -0.1) is 0 Å². The van der Waals surface area contributed by atoms with Crippen LogP contribution in [0.3, 0.4) is 0 Å². The molecule has 6 heteroatoms. The zero-order valence-corrected chi connectivity index (χ0v) is 13.2. The SMILES string of the molecule is CC(Nc1cncc(OCCO)n1)c1ccc(N(C)C)cc1. The van der Waals surface area contributed by atoms with Gasteiger partial charge in [-0.05, 0) is 24.6 Å². The van der Waals surface area contributed by atoms with Crippen molar-refractivity contribution < 1.29 is 9.84 Å². The zero-order valence-electron chi connectivity index (χ0n) is 13.2. The van der Waals surface area contributed by atoms with Gasteiger partial charge in [-0.2, -0.15) is 4.98 Å². The molecular weight excluding hydrogens is 280 g/mol. The standard InChI is InChI=1S/C16H22N4O2/c1-12(13-4-6-14(7-5-13)20(2)3)18-15-10-17-11-16(19-15)22-9-8-21/h4-7,10-12,21H,8-9H2,1-3H3,(H,18,19). The van der Waals surface area contributed by atoms with E-state index in [0.29, 0.717) is 11.7 Å². The molecule has 1 atom stereocenters. The van der Waals surface area contributed by atoms with Crippen molar-refractivity contribution in [3.8, 4) is 5.88 Å². The summed E-state index contributed by atoms with van der Waals surface area (Å²) in [6, 6.07) is 8.44. The monoisotopic (exact) mass is 302 g/mol. The molecule has 0 amide bonds. The van der Waals surface area contributed by atoms with E-state index in [1.54, 1.807) is 6.20 Å². The Morgan fingerprint density at radius 1 is 1.23 bits per heavy atom. The number of nitrogens with one attached hydrogen (secondary N) is 1. The molecule has 0 saturated heterocycles. The minimum absolute atomic E-state index is 0.0477. The molecule has 0 bridgehead atoms. The highest BCUT2D eigenvalue weighted by molar-refractivity contribution is 5.47. The van der Waals surface area contributed by atoms with Gasteiger partial charge in [0.05, 0.1) is 19.0 Å². The Hall–Kier alpha value is -2.34. The van der Waals surface area contributed by atoms with E-state index in [1.807, 2.05) is 14.1 Å². The maximum absolute atomic E-state index is 8.76. The van der Waals surface area contributed by atoms with Gasteiger partial charge >= 0.3 is 0 Å². The van der Waals surface area contributed by atoms with Crippen molar-refractivity contribution in [3.05, 3.63) is 42.2 Å². The van der Waals surface area contributed by atoms with Crippen molar-refractivity contribution in [1.29, 1.82) is 0 Å². The largest absolute Gasteiger partial charge is 0.474 e. The minimum atomic E-state index is -0.0477. The van der Waals surface area contributed by atoms with Crippen molar-refractivity contribution in [3.63, 3.8) is 0 Å². The number of aliphatic hydroxyl groups excluding tert-OH is 1. The molecular formula is C16H22N4O2. The van der Waals surface area contributed by atoms with Crippen LogP contribution in [0.15, 0.2) is 36.7 Å². The Morgan fingerprint density at radius 3 is 2.59 bits per heavy atom. The van der Waals surface area contributed by atoms with Gasteiger partial charge in [-0.25, -0.2) is 0 Å². The van der Waals surface area contributed by atoms with Crippen LogP contribution < -0.4 is 15.0 Å². The second-order valence-electron chi connectivity index (χ2n) is 5.17. The van der Waals surface area contributed by atoms with Gasteiger partial charge in [-0.3, -0.25) is 4.98 Å². The molecule has 0 fully saturated rings. The predicted molar refractivity (Wildman–Crippen MR) is 87.4 cm³/mol. The Balaban J connectivity index is 2.03. The average Bonchev–Trinajstić information content (AvgIpc) is 2.53. The van der Waals surface area contributed by atoms with Crippen LogP contribution >= 0.6 is 0 Å². The fourth-order valence-corrected chi connectivity index (χ4v) is 2.00. The van der Waals surface area contributed by atoms with Crippen LogP contribution in [-0.2, 0) is 0 Å². The summed E-state index contributed by atoms with van der Waals surface area (Å²) in [5.41, 5.74) is 2.32. The number of nitrogens with zero attached hydrogens (tertiary/aromatic N) is 3. The topological polar surface area (TPSA) is 70.5 Å². The molecule has 0 saturated carbocycles. The first-order valence-corrected chi connectivity index (χ1v) is 7.19. The first-order chi connectivity index (χ1) is 10.6. The molecule has 0 aliphatic heterocycles. The number of aromatic nitrogens is 2. The van der Waals surface area contributed by atoms with Gasteiger partial charge in [0.25, 0.3) is 0 Å². The Labute approximate surface area is 130 Å². The molecule has 2 rings (SSSR count). The summed E-state index contributed by atoms with van der Waals surface area (Å²) in [5, 5.41) is 12.1. The molecule has 6 nitrogen and oxygen atoms in total. The molecule has 0 aliphatic carbocycles. The van der Waals surface area contributed by atoms with Crippen molar-refractivity contribution in [2.75, 3.05) is 37.5 Å². The summed E-state index contributed by atoms with van der Waals surface area (Å²) < 4.78 is 5.26. The lowest BCUT2D eigenvalue weighted by Gasteiger charge is -2.17. The fraction of sp³-hybridized carbons (Fsp3) is 0.375. The minimum Gasteiger partial charge on any atom is -0.474 e. The number of aliphatic hydroxyl groups is 1. The van der Waals surface area contributed by atoms with E-state index >= 15 is 0 Å². The van der Waals surface area contributed by atoms with Gasteiger partial charge in [0.15, 0.2) is 0 Å². The first kappa shape index (κ1) is 16.0. The number of rotatable bonds is 7. The molecule has 2 N–H and O–H groups in total. The molecule has 0 spiro atoms. The van der Waals surface area contributed by atoms with E-state index in [2.05, 4.69) is 51.4 Å². The number of hydrogen-bond acceptors (Lipinski definition) is 6. The highest BCUT2D eigenvalue weighted by Crippen LogP contribution is 2.21. The van der Waals surface area contributed by atoms with Crippen LogP contribution in [0.1, 0.15) is 18.5 Å². The molecule has 0 aliphatic rings. The molecule has 0 radical (unpaired) electrons. The van der Waals surface area contributed by atoms with E-state index < -0.39 is 0 Å².